The fourth-order valence-electron chi connectivity index (χ4n) is 7.27. The van der Waals surface area contributed by atoms with Gasteiger partial charge in [0.1, 0.15) is 5.82 Å². The third-order valence-electron chi connectivity index (χ3n) is 9.23. The van der Waals surface area contributed by atoms with Crippen LogP contribution in [0.1, 0.15) is 5.56 Å². The molecule has 1 aliphatic heterocycles. The van der Waals surface area contributed by atoms with Crippen molar-refractivity contribution in [3.05, 3.63) is 150 Å². The number of hydrogen-bond acceptors (Lipinski definition) is 1. The van der Waals surface area contributed by atoms with Crippen LogP contribution < -0.4 is 10.1 Å². The topological polar surface area (TPSA) is 12.6 Å². The van der Waals surface area contributed by atoms with Gasteiger partial charge in [0.2, 0.25) is 0 Å². The standard InChI is InChI=1S/C40H29N3/c1-26-23-28(27-19-20-38-34(24-27)32-14-7-9-18-37(32)43(38)30-12-4-3-5-13-30)21-22-42-39-31(26)15-10-16-33(39)35-25-29-11-6-8-17-36(29)41(2)40(35)42/h3-25,36H,1H2,2H3. The molecule has 0 bridgehead atoms. The first-order valence-corrected chi connectivity index (χ1v) is 14.8. The number of fused-ring (bicyclic) bond motifs is 7. The number of para-hydroxylation sites is 3. The average Bonchev–Trinajstić information content (AvgIpc) is 3.55. The maximum atomic E-state index is 4.59. The number of allylic oxidation sites excluding steroid dienone is 2. The molecule has 9 rings (SSSR count). The summed E-state index contributed by atoms with van der Waals surface area (Å²) in [6, 6.07) is 37.5. The summed E-state index contributed by atoms with van der Waals surface area (Å²) in [5, 5.41) is 5.93. The van der Waals surface area contributed by atoms with Crippen LogP contribution in [0.2, 0.25) is 0 Å². The molecule has 0 saturated carbocycles. The van der Waals surface area contributed by atoms with Crippen molar-refractivity contribution in [2.24, 2.45) is 0 Å². The van der Waals surface area contributed by atoms with E-state index in [1.54, 1.807) is 0 Å². The number of hydrogen-bond donors (Lipinski definition) is 0. The Balaban J connectivity index is 1.31. The zero-order valence-electron chi connectivity index (χ0n) is 23.9. The van der Waals surface area contributed by atoms with Gasteiger partial charge in [-0.05, 0) is 70.5 Å². The van der Waals surface area contributed by atoms with Gasteiger partial charge in [-0.15, -0.1) is 0 Å². The zero-order valence-corrected chi connectivity index (χ0v) is 23.9. The number of benzene rings is 4. The summed E-state index contributed by atoms with van der Waals surface area (Å²) in [7, 11) is 2.21. The van der Waals surface area contributed by atoms with Gasteiger partial charge in [-0.2, -0.15) is 0 Å². The monoisotopic (exact) mass is 551 g/mol. The van der Waals surface area contributed by atoms with Crippen LogP contribution in [0.5, 0.6) is 0 Å². The molecule has 2 aliphatic rings. The van der Waals surface area contributed by atoms with Crippen molar-refractivity contribution >= 4 is 56.6 Å². The largest absolute Gasteiger partial charge is 0.350 e. The third-order valence-corrected chi connectivity index (χ3v) is 9.23. The van der Waals surface area contributed by atoms with E-state index < -0.39 is 0 Å². The summed E-state index contributed by atoms with van der Waals surface area (Å²) >= 11 is 0. The minimum Gasteiger partial charge on any atom is -0.350 e. The van der Waals surface area contributed by atoms with E-state index in [4.69, 9.17) is 0 Å². The molecule has 0 saturated heterocycles. The van der Waals surface area contributed by atoms with Crippen molar-refractivity contribution in [3.63, 3.8) is 0 Å². The Morgan fingerprint density at radius 2 is 1.44 bits per heavy atom. The van der Waals surface area contributed by atoms with Gasteiger partial charge in [0.25, 0.3) is 0 Å². The van der Waals surface area contributed by atoms with Gasteiger partial charge in [0.15, 0.2) is 0 Å². The van der Waals surface area contributed by atoms with Gasteiger partial charge in [-0.25, -0.2) is 0 Å². The quantitative estimate of drug-likeness (QED) is 0.209. The Kier molecular flexibility index (Phi) is 5.03. The van der Waals surface area contributed by atoms with E-state index in [-0.39, 0.29) is 6.04 Å². The molecule has 43 heavy (non-hydrogen) atoms. The van der Waals surface area contributed by atoms with Crippen molar-refractivity contribution in [3.8, 4) is 16.8 Å². The Hall–Kier alpha value is -5.54. The number of nitrogens with zero attached hydrogens (tertiary/aromatic N) is 3. The van der Waals surface area contributed by atoms with E-state index in [9.17, 15) is 0 Å². The van der Waals surface area contributed by atoms with Gasteiger partial charge >= 0.3 is 0 Å². The minimum absolute atomic E-state index is 0.225. The maximum Gasteiger partial charge on any atom is 0.121 e. The third kappa shape index (κ3) is 3.42. The number of aromatic nitrogens is 2. The van der Waals surface area contributed by atoms with Gasteiger partial charge in [-0.3, -0.25) is 0 Å². The summed E-state index contributed by atoms with van der Waals surface area (Å²) in [5.74, 6) is 1.21. The molecule has 0 amide bonds. The molecule has 0 spiro atoms. The van der Waals surface area contributed by atoms with Gasteiger partial charge < -0.3 is 13.9 Å². The van der Waals surface area contributed by atoms with Gasteiger partial charge in [0.05, 0.1) is 22.6 Å². The molecule has 1 atom stereocenters. The zero-order chi connectivity index (χ0) is 28.7. The first-order valence-electron chi connectivity index (χ1n) is 14.8. The highest BCUT2D eigenvalue weighted by atomic mass is 15.2. The fraction of sp³-hybridized carbons (Fsp3) is 0.0500. The van der Waals surface area contributed by atoms with E-state index in [2.05, 4.69) is 167 Å². The van der Waals surface area contributed by atoms with Crippen LogP contribution in [-0.4, -0.2) is 22.1 Å². The second kappa shape index (κ2) is 8.98. The van der Waals surface area contributed by atoms with E-state index in [0.29, 0.717) is 0 Å². The molecule has 1 unspecified atom stereocenters. The lowest BCUT2D eigenvalue weighted by Crippen LogP contribution is -2.35. The van der Waals surface area contributed by atoms with Crippen LogP contribution in [0.15, 0.2) is 139 Å². The molecule has 4 heterocycles. The highest BCUT2D eigenvalue weighted by Crippen LogP contribution is 2.41. The van der Waals surface area contributed by atoms with Crippen LogP contribution in [0.25, 0.3) is 67.6 Å². The molecule has 3 aromatic heterocycles. The Morgan fingerprint density at radius 1 is 0.674 bits per heavy atom. The second-order valence-electron chi connectivity index (χ2n) is 11.6. The predicted molar refractivity (Wildman–Crippen MR) is 183 cm³/mol. The molecule has 1 aliphatic carbocycles. The lowest BCUT2D eigenvalue weighted by Gasteiger charge is -2.33. The number of anilines is 1. The normalized spacial score (nSPS) is 15.8. The molecule has 3 heteroatoms. The first kappa shape index (κ1) is 24.1. The second-order valence-corrected chi connectivity index (χ2v) is 11.6. The summed E-state index contributed by atoms with van der Waals surface area (Å²) < 4.78 is 4.73. The average molecular weight is 552 g/mol. The van der Waals surface area contributed by atoms with Crippen LogP contribution >= 0.6 is 0 Å². The van der Waals surface area contributed by atoms with Crippen molar-refractivity contribution in [1.82, 2.24) is 8.97 Å². The summed E-state index contributed by atoms with van der Waals surface area (Å²) in [6.07, 6.45) is 13.4. The van der Waals surface area contributed by atoms with Crippen molar-refractivity contribution in [2.75, 3.05) is 11.9 Å². The van der Waals surface area contributed by atoms with Crippen LogP contribution in [0, 0.1) is 0 Å². The van der Waals surface area contributed by atoms with Crippen molar-refractivity contribution in [1.29, 1.82) is 0 Å². The highest BCUT2D eigenvalue weighted by Gasteiger charge is 2.28. The van der Waals surface area contributed by atoms with Gasteiger partial charge in [0, 0.05) is 46.0 Å². The van der Waals surface area contributed by atoms with Crippen LogP contribution in [0.4, 0.5) is 5.82 Å². The molecule has 3 nitrogen and oxygen atoms in total. The predicted octanol–water partition coefficient (Wildman–Crippen LogP) is 8.88. The molecule has 0 fully saturated rings. The SMILES string of the molecule is C=c1cc(-c2ccc3c(c2)c2ccccc2n3-c2ccccc2)ccn2c3c(c4cccc1c42)C=C1C=CC=CC1N3C. The molecular formula is C40H29N3. The summed E-state index contributed by atoms with van der Waals surface area (Å²) in [6.45, 7) is 4.59. The molecule has 0 radical (unpaired) electrons. The van der Waals surface area contributed by atoms with Crippen molar-refractivity contribution < 1.29 is 0 Å². The molecular weight excluding hydrogens is 522 g/mol. The Labute approximate surface area is 249 Å². The van der Waals surface area contributed by atoms with E-state index in [1.165, 1.54) is 60.9 Å². The number of likely N-dealkylation sites (N-methyl/N-ethyl adjacent to an activating group) is 1. The highest BCUT2D eigenvalue weighted by molar-refractivity contribution is 6.11. The van der Waals surface area contributed by atoms with Gasteiger partial charge in [-0.1, -0.05) is 91.5 Å². The molecule has 4 aromatic carbocycles. The number of rotatable bonds is 2. The molecule has 0 N–H and O–H groups in total. The molecule has 7 aromatic rings. The van der Waals surface area contributed by atoms with Crippen molar-refractivity contribution in [2.45, 2.75) is 6.04 Å². The van der Waals surface area contributed by atoms with E-state index in [0.717, 1.165) is 16.2 Å². The van der Waals surface area contributed by atoms with E-state index in [1.807, 2.05) is 0 Å². The lowest BCUT2D eigenvalue weighted by atomic mass is 9.94. The Bertz CT molecular complexity index is 2430. The smallest absolute Gasteiger partial charge is 0.121 e. The summed E-state index contributed by atoms with van der Waals surface area (Å²) in [4.78, 5) is 2.40. The fourth-order valence-corrected chi connectivity index (χ4v) is 7.27. The summed E-state index contributed by atoms with van der Waals surface area (Å²) in [5.41, 5.74) is 9.70. The van der Waals surface area contributed by atoms with E-state index >= 15 is 0 Å². The maximum absolute atomic E-state index is 4.59. The minimum atomic E-state index is 0.225. The first-order chi connectivity index (χ1) is 21.2. The molecule has 204 valence electrons. The van der Waals surface area contributed by atoms with Crippen LogP contribution in [0.3, 0.4) is 0 Å². The Morgan fingerprint density at radius 3 is 2.35 bits per heavy atom. The van der Waals surface area contributed by atoms with Crippen LogP contribution in [-0.2, 0) is 0 Å². The lowest BCUT2D eigenvalue weighted by molar-refractivity contribution is 0.828.